The van der Waals surface area contributed by atoms with Crippen LogP contribution >= 0.6 is 15.9 Å². The first-order valence-corrected chi connectivity index (χ1v) is 6.02. The molecule has 2 aromatic heterocycles. The Bertz CT molecular complexity index is 567. The number of carbonyl (C=O) groups excluding carboxylic acids is 1. The minimum atomic E-state index is -0.453. The molecule has 0 atom stereocenters. The van der Waals surface area contributed by atoms with Gasteiger partial charge in [0.15, 0.2) is 11.3 Å². The van der Waals surface area contributed by atoms with Crippen molar-refractivity contribution in [3.8, 4) is 0 Å². The normalized spacial score (nSPS) is 10.8. The third kappa shape index (κ3) is 2.14. The summed E-state index contributed by atoms with van der Waals surface area (Å²) in [5.41, 5.74) is 1.02. The first-order valence-electron chi connectivity index (χ1n) is 5.23. The van der Waals surface area contributed by atoms with E-state index in [0.29, 0.717) is 29.0 Å². The largest absolute Gasteiger partial charge is 0.460 e. The van der Waals surface area contributed by atoms with Crippen LogP contribution in [0.25, 0.3) is 11.3 Å². The third-order valence-electron chi connectivity index (χ3n) is 2.20. The van der Waals surface area contributed by atoms with E-state index in [1.807, 2.05) is 6.92 Å². The second-order valence-electron chi connectivity index (χ2n) is 3.24. The number of hydrogen-bond donors (Lipinski definition) is 0. The fourth-order valence-corrected chi connectivity index (χ4v) is 1.79. The highest BCUT2D eigenvalue weighted by Crippen LogP contribution is 2.15. The molecule has 0 saturated carbocycles. The molecule has 0 spiro atoms. The van der Waals surface area contributed by atoms with Gasteiger partial charge < -0.3 is 9.30 Å². The zero-order valence-corrected chi connectivity index (χ0v) is 11.1. The maximum atomic E-state index is 11.7. The zero-order chi connectivity index (χ0) is 12.4. The summed E-state index contributed by atoms with van der Waals surface area (Å²) >= 11 is 3.24. The van der Waals surface area contributed by atoms with Crippen LogP contribution in [0.4, 0.5) is 0 Å². The molecule has 90 valence electrons. The van der Waals surface area contributed by atoms with Gasteiger partial charge in [-0.2, -0.15) is 0 Å². The lowest BCUT2D eigenvalue weighted by atomic mass is 10.5. The van der Waals surface area contributed by atoms with Crippen molar-refractivity contribution in [2.45, 2.75) is 20.4 Å². The molecule has 0 unspecified atom stereocenters. The van der Waals surface area contributed by atoms with Crippen LogP contribution in [0.2, 0.25) is 0 Å². The highest BCUT2D eigenvalue weighted by atomic mass is 79.9. The number of ether oxygens (including phenoxy) is 1. The molecule has 0 saturated heterocycles. The van der Waals surface area contributed by atoms with Crippen molar-refractivity contribution in [1.29, 1.82) is 0 Å². The van der Waals surface area contributed by atoms with E-state index in [-0.39, 0.29) is 5.82 Å². The molecule has 2 aromatic rings. The van der Waals surface area contributed by atoms with Crippen LogP contribution in [0.15, 0.2) is 10.8 Å². The van der Waals surface area contributed by atoms with Crippen LogP contribution in [0.1, 0.15) is 24.5 Å². The predicted molar refractivity (Wildman–Crippen MR) is 64.7 cm³/mol. The predicted octanol–water partition coefficient (Wildman–Crippen LogP) is 1.79. The van der Waals surface area contributed by atoms with Gasteiger partial charge in [-0.15, -0.1) is 0 Å². The molecule has 0 aliphatic carbocycles. The van der Waals surface area contributed by atoms with Gasteiger partial charge in [-0.25, -0.2) is 19.7 Å². The minimum Gasteiger partial charge on any atom is -0.460 e. The molecule has 0 aliphatic rings. The van der Waals surface area contributed by atoms with Gasteiger partial charge in [0.2, 0.25) is 5.82 Å². The number of hydrogen-bond acceptors (Lipinski definition) is 5. The Balaban J connectivity index is 2.60. The Morgan fingerprint density at radius 1 is 1.47 bits per heavy atom. The lowest BCUT2D eigenvalue weighted by Crippen LogP contribution is -2.13. The van der Waals surface area contributed by atoms with E-state index in [9.17, 15) is 4.79 Å². The maximum absolute atomic E-state index is 11.7. The van der Waals surface area contributed by atoms with Gasteiger partial charge in [-0.05, 0) is 29.8 Å². The molecule has 2 heterocycles. The summed E-state index contributed by atoms with van der Waals surface area (Å²) in [4.78, 5) is 24.2. The monoisotopic (exact) mass is 298 g/mol. The molecule has 0 radical (unpaired) electrons. The molecule has 0 amide bonds. The number of esters is 1. The Hall–Kier alpha value is -1.50. The fourth-order valence-electron chi connectivity index (χ4n) is 1.52. The van der Waals surface area contributed by atoms with Gasteiger partial charge in [0.05, 0.1) is 12.8 Å². The molecule has 17 heavy (non-hydrogen) atoms. The van der Waals surface area contributed by atoms with E-state index in [4.69, 9.17) is 4.74 Å². The average Bonchev–Trinajstić information content (AvgIpc) is 2.67. The van der Waals surface area contributed by atoms with E-state index in [0.717, 1.165) is 0 Å². The topological polar surface area (TPSA) is 69.9 Å². The van der Waals surface area contributed by atoms with E-state index in [1.54, 1.807) is 17.7 Å². The highest BCUT2D eigenvalue weighted by molar-refractivity contribution is 9.10. The number of aromatic nitrogens is 4. The van der Waals surface area contributed by atoms with Crippen LogP contribution in [-0.2, 0) is 11.3 Å². The van der Waals surface area contributed by atoms with Crippen molar-refractivity contribution in [3.63, 3.8) is 0 Å². The summed E-state index contributed by atoms with van der Waals surface area (Å²) in [5.74, 6) is -0.215. The van der Waals surface area contributed by atoms with E-state index >= 15 is 0 Å². The molecule has 2 rings (SSSR count). The van der Waals surface area contributed by atoms with Crippen molar-refractivity contribution < 1.29 is 9.53 Å². The number of halogens is 1. The first-order chi connectivity index (χ1) is 8.17. The number of carbonyl (C=O) groups is 1. The molecular formula is C10H11BrN4O2. The van der Waals surface area contributed by atoms with Crippen molar-refractivity contribution in [1.82, 2.24) is 19.5 Å². The lowest BCUT2D eigenvalue weighted by Gasteiger charge is -2.03. The Morgan fingerprint density at radius 3 is 2.88 bits per heavy atom. The molecule has 0 aromatic carbocycles. The first kappa shape index (κ1) is 12.0. The summed E-state index contributed by atoms with van der Waals surface area (Å²) in [6, 6.07) is 0. The highest BCUT2D eigenvalue weighted by Gasteiger charge is 2.19. The Morgan fingerprint density at radius 2 is 2.24 bits per heavy atom. The quantitative estimate of drug-likeness (QED) is 0.808. The summed E-state index contributed by atoms with van der Waals surface area (Å²) in [6.07, 6.45) is 1.55. The van der Waals surface area contributed by atoms with Crippen molar-refractivity contribution in [2.75, 3.05) is 6.61 Å². The zero-order valence-electron chi connectivity index (χ0n) is 9.47. The lowest BCUT2D eigenvalue weighted by molar-refractivity contribution is 0.0507. The van der Waals surface area contributed by atoms with Gasteiger partial charge in [0.1, 0.15) is 4.60 Å². The summed E-state index contributed by atoms with van der Waals surface area (Å²) in [6.45, 7) is 4.56. The van der Waals surface area contributed by atoms with Crippen molar-refractivity contribution >= 4 is 33.2 Å². The van der Waals surface area contributed by atoms with E-state index < -0.39 is 5.97 Å². The number of aryl methyl sites for hydroxylation is 1. The molecule has 0 N–H and O–H groups in total. The minimum absolute atomic E-state index is 0.238. The standard InChI is InChI=1S/C10H11BrN4O2/c1-3-15-8-7(12-5-6(11)13-8)14-9(15)10(16)17-4-2/h5H,3-4H2,1-2H3. The fraction of sp³-hybridized carbons (Fsp3) is 0.400. The number of fused-ring (bicyclic) bond motifs is 1. The van der Waals surface area contributed by atoms with Gasteiger partial charge >= 0.3 is 5.97 Å². The van der Waals surface area contributed by atoms with Crippen LogP contribution in [-0.4, -0.2) is 32.1 Å². The van der Waals surface area contributed by atoms with E-state index in [2.05, 4.69) is 30.9 Å². The second-order valence-corrected chi connectivity index (χ2v) is 4.05. The molecule has 0 bridgehead atoms. The molecular weight excluding hydrogens is 288 g/mol. The van der Waals surface area contributed by atoms with Crippen LogP contribution in [0.3, 0.4) is 0 Å². The van der Waals surface area contributed by atoms with Crippen molar-refractivity contribution in [2.24, 2.45) is 0 Å². The van der Waals surface area contributed by atoms with E-state index in [1.165, 1.54) is 0 Å². The van der Waals surface area contributed by atoms with Gasteiger partial charge in [0, 0.05) is 6.54 Å². The van der Waals surface area contributed by atoms with Gasteiger partial charge in [-0.1, -0.05) is 0 Å². The Labute approximate surface area is 106 Å². The summed E-state index contributed by atoms with van der Waals surface area (Å²) in [7, 11) is 0. The van der Waals surface area contributed by atoms with Gasteiger partial charge in [-0.3, -0.25) is 0 Å². The average molecular weight is 299 g/mol. The summed E-state index contributed by atoms with van der Waals surface area (Å²) in [5, 5.41) is 0. The van der Waals surface area contributed by atoms with Crippen LogP contribution in [0, 0.1) is 0 Å². The Kier molecular flexibility index (Phi) is 3.37. The smallest absolute Gasteiger partial charge is 0.374 e. The molecule has 0 aliphatic heterocycles. The van der Waals surface area contributed by atoms with Gasteiger partial charge in [0.25, 0.3) is 0 Å². The number of nitrogens with zero attached hydrogens (tertiary/aromatic N) is 4. The molecule has 7 heteroatoms. The summed E-state index contributed by atoms with van der Waals surface area (Å²) < 4.78 is 7.23. The molecule has 0 fully saturated rings. The molecule has 6 nitrogen and oxygen atoms in total. The second kappa shape index (κ2) is 4.79. The number of rotatable bonds is 3. The van der Waals surface area contributed by atoms with Crippen molar-refractivity contribution in [3.05, 3.63) is 16.6 Å². The number of imidazole rings is 1. The SMILES string of the molecule is CCOC(=O)c1nc2ncc(Br)nc2n1CC. The third-order valence-corrected chi connectivity index (χ3v) is 2.59. The van der Waals surface area contributed by atoms with Crippen LogP contribution in [0.5, 0.6) is 0 Å². The maximum Gasteiger partial charge on any atom is 0.374 e. The van der Waals surface area contributed by atoms with Crippen LogP contribution < -0.4 is 0 Å².